The molecule has 2 saturated heterocycles. The summed E-state index contributed by atoms with van der Waals surface area (Å²) in [6.45, 7) is 3.39. The van der Waals surface area contributed by atoms with Crippen molar-refractivity contribution in [2.45, 2.75) is 31.8 Å². The quantitative estimate of drug-likeness (QED) is 0.917. The van der Waals surface area contributed by atoms with Crippen LogP contribution in [0, 0.1) is 0 Å². The number of methoxy groups -OCH3 is 1. The Morgan fingerprint density at radius 2 is 2.10 bits per heavy atom. The number of likely N-dealkylation sites (tertiary alicyclic amines) is 1. The van der Waals surface area contributed by atoms with Gasteiger partial charge in [0.25, 0.3) is 5.91 Å². The van der Waals surface area contributed by atoms with Crippen molar-refractivity contribution in [3.63, 3.8) is 0 Å². The largest absolute Gasteiger partial charge is 0.382 e. The monoisotopic (exact) mass is 310 g/mol. The van der Waals surface area contributed by atoms with Gasteiger partial charge in [-0.2, -0.15) is 0 Å². The van der Waals surface area contributed by atoms with Crippen LogP contribution in [0.25, 0.3) is 0 Å². The molecule has 1 aromatic rings. The minimum atomic E-state index is -0.00666. The third-order valence-corrected chi connectivity index (χ3v) is 5.35. The van der Waals surface area contributed by atoms with Crippen molar-refractivity contribution in [3.8, 4) is 0 Å². The Morgan fingerprint density at radius 3 is 2.76 bits per heavy atom. The van der Waals surface area contributed by atoms with E-state index in [0.29, 0.717) is 17.2 Å². The van der Waals surface area contributed by atoms with Gasteiger partial charge in [0, 0.05) is 33.3 Å². The van der Waals surface area contributed by atoms with Gasteiger partial charge in [0.1, 0.15) is 10.7 Å². The first kappa shape index (κ1) is 14.6. The molecule has 3 rings (SSSR count). The highest BCUT2D eigenvalue weighted by molar-refractivity contribution is 7.18. The van der Waals surface area contributed by atoms with Gasteiger partial charge in [0.2, 0.25) is 0 Å². The molecule has 116 valence electrons. The minimum Gasteiger partial charge on any atom is -0.382 e. The molecule has 2 N–H and O–H groups in total. The molecule has 0 aromatic carbocycles. The second kappa shape index (κ2) is 6.19. The van der Waals surface area contributed by atoms with E-state index in [1.54, 1.807) is 7.11 Å². The van der Waals surface area contributed by atoms with Crippen LogP contribution in [0.3, 0.4) is 0 Å². The zero-order valence-corrected chi connectivity index (χ0v) is 13.2. The number of nitrogens with two attached hydrogens (primary N) is 1. The predicted molar refractivity (Wildman–Crippen MR) is 83.9 cm³/mol. The van der Waals surface area contributed by atoms with Crippen LogP contribution in [-0.4, -0.2) is 55.2 Å². The Hall–Kier alpha value is -1.34. The van der Waals surface area contributed by atoms with E-state index in [1.807, 2.05) is 4.90 Å². The molecule has 2 fully saturated rings. The van der Waals surface area contributed by atoms with Crippen LogP contribution in [-0.2, 0) is 4.74 Å². The molecule has 0 radical (unpaired) electrons. The van der Waals surface area contributed by atoms with Crippen LogP contribution in [0.2, 0.25) is 0 Å². The molecule has 0 bridgehead atoms. The summed E-state index contributed by atoms with van der Waals surface area (Å²) in [5, 5.41) is 0.887. The number of hydrogen-bond donors (Lipinski definition) is 1. The maximum atomic E-state index is 12.6. The number of aromatic nitrogens is 1. The number of anilines is 2. The smallest absolute Gasteiger partial charge is 0.267 e. The molecule has 2 aliphatic rings. The fraction of sp³-hybridized carbons (Fsp3) is 0.714. The molecule has 0 aliphatic carbocycles. The molecular formula is C14H22N4O2S. The van der Waals surface area contributed by atoms with Gasteiger partial charge in [-0.1, -0.05) is 11.3 Å². The maximum Gasteiger partial charge on any atom is 0.267 e. The summed E-state index contributed by atoms with van der Waals surface area (Å²) in [6, 6.07) is 0. The first-order chi connectivity index (χ1) is 10.2. The van der Waals surface area contributed by atoms with Crippen molar-refractivity contribution in [1.82, 2.24) is 9.88 Å². The second-order valence-electron chi connectivity index (χ2n) is 5.66. The first-order valence-corrected chi connectivity index (χ1v) is 8.34. The number of ether oxygens (including phenoxy) is 1. The number of rotatable bonds is 3. The Morgan fingerprint density at radius 1 is 1.33 bits per heavy atom. The summed E-state index contributed by atoms with van der Waals surface area (Å²) >= 11 is 1.43. The van der Waals surface area contributed by atoms with Crippen LogP contribution in [0.4, 0.5) is 10.9 Å². The van der Waals surface area contributed by atoms with Crippen LogP contribution in [0.1, 0.15) is 35.4 Å². The van der Waals surface area contributed by atoms with E-state index < -0.39 is 0 Å². The summed E-state index contributed by atoms with van der Waals surface area (Å²) in [4.78, 5) is 21.6. The van der Waals surface area contributed by atoms with Crippen LogP contribution in [0.5, 0.6) is 0 Å². The van der Waals surface area contributed by atoms with E-state index in [-0.39, 0.29) is 12.0 Å². The van der Waals surface area contributed by atoms with Crippen molar-refractivity contribution in [2.75, 3.05) is 43.9 Å². The van der Waals surface area contributed by atoms with Gasteiger partial charge in [-0.15, -0.1) is 0 Å². The Bertz CT molecular complexity index is 513. The van der Waals surface area contributed by atoms with E-state index in [9.17, 15) is 4.79 Å². The lowest BCUT2D eigenvalue weighted by Gasteiger charge is -2.25. The van der Waals surface area contributed by atoms with Crippen molar-refractivity contribution in [2.24, 2.45) is 0 Å². The zero-order chi connectivity index (χ0) is 14.8. The highest BCUT2D eigenvalue weighted by Gasteiger charge is 2.30. The molecule has 0 spiro atoms. The highest BCUT2D eigenvalue weighted by atomic mass is 32.1. The molecular weight excluding hydrogens is 288 g/mol. The van der Waals surface area contributed by atoms with Crippen LogP contribution >= 0.6 is 11.3 Å². The van der Waals surface area contributed by atoms with Crippen molar-refractivity contribution in [3.05, 3.63) is 4.88 Å². The summed E-state index contributed by atoms with van der Waals surface area (Å²) in [6.07, 6.45) is 4.68. The Balaban J connectivity index is 1.73. The van der Waals surface area contributed by atoms with Gasteiger partial charge < -0.3 is 20.3 Å². The number of thiazole rings is 1. The van der Waals surface area contributed by atoms with Crippen molar-refractivity contribution >= 4 is 28.2 Å². The molecule has 1 aromatic heterocycles. The average Bonchev–Trinajstić information content (AvgIpc) is 3.14. The maximum absolute atomic E-state index is 12.6. The topological polar surface area (TPSA) is 71.7 Å². The highest BCUT2D eigenvalue weighted by Crippen LogP contribution is 2.31. The SMILES string of the molecule is COC1CCN(C(=O)c2sc(N3CCCCC3)nc2N)C1. The molecule has 1 unspecified atom stereocenters. The molecule has 6 nitrogen and oxygen atoms in total. The standard InChI is InChI=1S/C14H22N4O2S/c1-20-10-5-8-18(9-10)13(19)11-12(15)16-14(21-11)17-6-3-2-4-7-17/h10H,2-9,15H2,1H3. The number of carbonyl (C=O) groups is 1. The van der Waals surface area contributed by atoms with Gasteiger partial charge in [0.05, 0.1) is 6.10 Å². The lowest BCUT2D eigenvalue weighted by molar-refractivity contribution is 0.0729. The zero-order valence-electron chi connectivity index (χ0n) is 12.4. The summed E-state index contributed by atoms with van der Waals surface area (Å²) in [5.74, 6) is 0.360. The molecule has 0 saturated carbocycles. The molecule has 3 heterocycles. The number of piperidine rings is 1. The average molecular weight is 310 g/mol. The van der Waals surface area contributed by atoms with Gasteiger partial charge in [0.15, 0.2) is 5.13 Å². The first-order valence-electron chi connectivity index (χ1n) is 7.52. The summed E-state index contributed by atoms with van der Waals surface area (Å²) in [5.41, 5.74) is 5.98. The van der Waals surface area contributed by atoms with Gasteiger partial charge in [-0.25, -0.2) is 4.98 Å². The van der Waals surface area contributed by atoms with Gasteiger partial charge in [-0.05, 0) is 25.7 Å². The van der Waals surface area contributed by atoms with Crippen molar-refractivity contribution < 1.29 is 9.53 Å². The van der Waals surface area contributed by atoms with Gasteiger partial charge in [-0.3, -0.25) is 4.79 Å². The third-order valence-electron chi connectivity index (χ3n) is 4.23. The molecule has 7 heteroatoms. The lowest BCUT2D eigenvalue weighted by Crippen LogP contribution is -2.30. The number of nitrogens with zero attached hydrogens (tertiary/aromatic N) is 3. The molecule has 21 heavy (non-hydrogen) atoms. The normalized spacial score (nSPS) is 22.8. The van der Waals surface area contributed by atoms with Crippen LogP contribution in [0.15, 0.2) is 0 Å². The Labute approximate surface area is 128 Å². The third kappa shape index (κ3) is 2.98. The predicted octanol–water partition coefficient (Wildman–Crippen LogP) is 1.58. The van der Waals surface area contributed by atoms with E-state index in [1.165, 1.54) is 30.6 Å². The summed E-state index contributed by atoms with van der Waals surface area (Å²) < 4.78 is 5.31. The summed E-state index contributed by atoms with van der Waals surface area (Å²) in [7, 11) is 1.69. The number of amides is 1. The minimum absolute atomic E-state index is 0.00666. The fourth-order valence-corrected chi connectivity index (χ4v) is 3.95. The van der Waals surface area contributed by atoms with E-state index >= 15 is 0 Å². The molecule has 1 amide bonds. The number of nitrogen functional groups attached to an aromatic ring is 1. The van der Waals surface area contributed by atoms with E-state index in [4.69, 9.17) is 10.5 Å². The van der Waals surface area contributed by atoms with E-state index in [0.717, 1.165) is 31.2 Å². The van der Waals surface area contributed by atoms with Gasteiger partial charge >= 0.3 is 0 Å². The second-order valence-corrected chi connectivity index (χ2v) is 6.63. The Kier molecular flexibility index (Phi) is 4.30. The van der Waals surface area contributed by atoms with Crippen molar-refractivity contribution in [1.29, 1.82) is 0 Å². The molecule has 1 atom stereocenters. The van der Waals surface area contributed by atoms with E-state index in [2.05, 4.69) is 9.88 Å². The lowest BCUT2D eigenvalue weighted by atomic mass is 10.1. The fourth-order valence-electron chi connectivity index (χ4n) is 2.94. The molecule has 2 aliphatic heterocycles. The number of hydrogen-bond acceptors (Lipinski definition) is 6. The number of carbonyl (C=O) groups excluding carboxylic acids is 1. The van der Waals surface area contributed by atoms with Crippen LogP contribution < -0.4 is 10.6 Å².